The van der Waals surface area contributed by atoms with Gasteiger partial charge < -0.3 is 10.1 Å². The standard InChI is InChI=1S/C31H41N3O2/c1-3-19-34-27-17-18-28(34)22-33(21-27)30(25-9-8-12-29(20-25)36-2)23-13-15-24(16-14-23)31(35)32-26-10-6-4-5-7-11-26/h3,8-9,12-16,20,26-28,30H,1,4-7,10-11,17-19,21-22H2,2H3,(H,32,35). The molecule has 2 saturated heterocycles. The van der Waals surface area contributed by atoms with Crippen molar-refractivity contribution in [1.82, 2.24) is 15.1 Å². The highest BCUT2D eigenvalue weighted by Gasteiger charge is 2.41. The smallest absolute Gasteiger partial charge is 0.251 e. The highest BCUT2D eigenvalue weighted by Crippen LogP contribution is 2.38. The molecule has 0 aromatic heterocycles. The second-order valence-electron chi connectivity index (χ2n) is 10.8. The first kappa shape index (κ1) is 25.0. The zero-order chi connectivity index (χ0) is 24.9. The van der Waals surface area contributed by atoms with Crippen LogP contribution in [-0.4, -0.2) is 60.6 Å². The first-order valence-corrected chi connectivity index (χ1v) is 13.8. The van der Waals surface area contributed by atoms with Crippen molar-refractivity contribution in [2.24, 2.45) is 0 Å². The Morgan fingerprint density at radius 3 is 2.33 bits per heavy atom. The number of hydrogen-bond donors (Lipinski definition) is 1. The molecule has 0 spiro atoms. The van der Waals surface area contributed by atoms with Crippen molar-refractivity contribution < 1.29 is 9.53 Å². The lowest BCUT2D eigenvalue weighted by Gasteiger charge is -2.44. The molecule has 2 bridgehead atoms. The summed E-state index contributed by atoms with van der Waals surface area (Å²) in [5, 5.41) is 3.29. The molecule has 2 heterocycles. The molecule has 5 nitrogen and oxygen atoms in total. The van der Waals surface area contributed by atoms with Crippen molar-refractivity contribution in [2.75, 3.05) is 26.7 Å². The van der Waals surface area contributed by atoms with Gasteiger partial charge in [0.1, 0.15) is 5.75 Å². The van der Waals surface area contributed by atoms with E-state index in [9.17, 15) is 4.79 Å². The molecule has 5 heteroatoms. The molecule has 192 valence electrons. The predicted molar refractivity (Wildman–Crippen MR) is 146 cm³/mol. The molecule has 36 heavy (non-hydrogen) atoms. The van der Waals surface area contributed by atoms with Gasteiger partial charge in [-0.1, -0.05) is 56.0 Å². The molecule has 1 amide bonds. The number of nitrogens with zero attached hydrogens (tertiary/aromatic N) is 2. The molecular formula is C31H41N3O2. The fourth-order valence-corrected chi connectivity index (χ4v) is 6.62. The summed E-state index contributed by atoms with van der Waals surface area (Å²) in [5.41, 5.74) is 3.22. The van der Waals surface area contributed by atoms with Gasteiger partial charge in [-0.2, -0.15) is 0 Å². The van der Waals surface area contributed by atoms with Gasteiger partial charge in [-0.25, -0.2) is 0 Å². The Hall–Kier alpha value is -2.63. The van der Waals surface area contributed by atoms with Crippen LogP contribution in [0.1, 0.15) is 78.9 Å². The van der Waals surface area contributed by atoms with Gasteiger partial charge in [0.25, 0.3) is 5.91 Å². The van der Waals surface area contributed by atoms with Crippen molar-refractivity contribution in [3.63, 3.8) is 0 Å². The number of carbonyl (C=O) groups is 1. The molecule has 5 rings (SSSR count). The van der Waals surface area contributed by atoms with Crippen LogP contribution in [0.15, 0.2) is 61.2 Å². The molecule has 2 aliphatic heterocycles. The van der Waals surface area contributed by atoms with Gasteiger partial charge in [-0.15, -0.1) is 6.58 Å². The van der Waals surface area contributed by atoms with Crippen LogP contribution >= 0.6 is 0 Å². The number of nitrogens with one attached hydrogen (secondary N) is 1. The Kier molecular flexibility index (Phi) is 8.08. The largest absolute Gasteiger partial charge is 0.497 e. The molecule has 2 aromatic rings. The third-order valence-corrected chi connectivity index (χ3v) is 8.46. The lowest BCUT2D eigenvalue weighted by Crippen LogP contribution is -2.54. The number of likely N-dealkylation sites (tertiary alicyclic amines) is 1. The topological polar surface area (TPSA) is 44.8 Å². The summed E-state index contributed by atoms with van der Waals surface area (Å²) < 4.78 is 5.57. The number of hydrogen-bond acceptors (Lipinski definition) is 4. The number of ether oxygens (including phenoxy) is 1. The van der Waals surface area contributed by atoms with E-state index in [1.165, 1.54) is 49.7 Å². The van der Waals surface area contributed by atoms with E-state index in [1.54, 1.807) is 7.11 Å². The van der Waals surface area contributed by atoms with Gasteiger partial charge in [0.2, 0.25) is 0 Å². The lowest BCUT2D eigenvalue weighted by molar-refractivity contribution is 0.0582. The quantitative estimate of drug-likeness (QED) is 0.390. The third kappa shape index (κ3) is 5.52. The predicted octanol–water partition coefficient (Wildman–Crippen LogP) is 5.57. The van der Waals surface area contributed by atoms with Crippen molar-refractivity contribution >= 4 is 5.91 Å². The van der Waals surface area contributed by atoms with E-state index < -0.39 is 0 Å². The van der Waals surface area contributed by atoms with E-state index in [-0.39, 0.29) is 11.9 Å². The fourth-order valence-electron chi connectivity index (χ4n) is 6.62. The number of amides is 1. The molecule has 0 radical (unpaired) electrons. The zero-order valence-electron chi connectivity index (χ0n) is 21.7. The molecule has 2 aromatic carbocycles. The number of rotatable bonds is 8. The normalized spacial score (nSPS) is 24.1. The van der Waals surface area contributed by atoms with Crippen LogP contribution in [0.4, 0.5) is 0 Å². The zero-order valence-corrected chi connectivity index (χ0v) is 21.7. The minimum Gasteiger partial charge on any atom is -0.497 e. The van der Waals surface area contributed by atoms with Crippen LogP contribution in [0.3, 0.4) is 0 Å². The molecule has 3 unspecified atom stereocenters. The van der Waals surface area contributed by atoms with Crippen LogP contribution in [-0.2, 0) is 0 Å². The van der Waals surface area contributed by atoms with Crippen LogP contribution < -0.4 is 10.1 Å². The van der Waals surface area contributed by atoms with Gasteiger partial charge >= 0.3 is 0 Å². The molecule has 3 fully saturated rings. The second kappa shape index (κ2) is 11.6. The van der Waals surface area contributed by atoms with E-state index in [4.69, 9.17) is 4.74 Å². The molecule has 1 N–H and O–H groups in total. The summed E-state index contributed by atoms with van der Waals surface area (Å²) in [4.78, 5) is 18.3. The SMILES string of the molecule is C=CCN1C2CCC1CN(C(c1ccc(C(=O)NC3CCCCCC3)cc1)c1cccc(OC)c1)C2. The lowest BCUT2D eigenvalue weighted by atomic mass is 9.94. The number of benzene rings is 2. The van der Waals surface area contributed by atoms with E-state index in [0.29, 0.717) is 18.1 Å². The second-order valence-corrected chi connectivity index (χ2v) is 10.8. The minimum absolute atomic E-state index is 0.0578. The number of piperazine rings is 1. The van der Waals surface area contributed by atoms with Crippen LogP contribution in [0, 0.1) is 0 Å². The van der Waals surface area contributed by atoms with E-state index in [0.717, 1.165) is 43.8 Å². The molecular weight excluding hydrogens is 446 g/mol. The Bertz CT molecular complexity index is 1010. The molecule has 3 aliphatic rings. The maximum Gasteiger partial charge on any atom is 0.251 e. The van der Waals surface area contributed by atoms with Crippen molar-refractivity contribution in [2.45, 2.75) is 75.5 Å². The van der Waals surface area contributed by atoms with Crippen molar-refractivity contribution in [3.05, 3.63) is 77.9 Å². The summed E-state index contributed by atoms with van der Waals surface area (Å²) in [6, 6.07) is 18.4. The summed E-state index contributed by atoms with van der Waals surface area (Å²) in [6.45, 7) is 7.03. The maximum atomic E-state index is 13.0. The maximum absolute atomic E-state index is 13.0. The Morgan fingerprint density at radius 1 is 1.00 bits per heavy atom. The highest BCUT2D eigenvalue weighted by atomic mass is 16.5. The van der Waals surface area contributed by atoms with E-state index >= 15 is 0 Å². The summed E-state index contributed by atoms with van der Waals surface area (Å²) >= 11 is 0. The van der Waals surface area contributed by atoms with E-state index in [1.807, 2.05) is 24.3 Å². The van der Waals surface area contributed by atoms with Gasteiger partial charge in [0.15, 0.2) is 0 Å². The minimum atomic E-state index is 0.0578. The first-order chi connectivity index (χ1) is 17.7. The van der Waals surface area contributed by atoms with Gasteiger partial charge in [0, 0.05) is 43.3 Å². The number of fused-ring (bicyclic) bond motifs is 2. The first-order valence-electron chi connectivity index (χ1n) is 13.8. The Labute approximate surface area is 216 Å². The Morgan fingerprint density at radius 2 is 1.69 bits per heavy atom. The van der Waals surface area contributed by atoms with Crippen molar-refractivity contribution in [1.29, 1.82) is 0 Å². The Balaban J connectivity index is 1.38. The average Bonchev–Trinajstić information content (AvgIpc) is 3.08. The molecule has 1 aliphatic carbocycles. The third-order valence-electron chi connectivity index (χ3n) is 8.46. The van der Waals surface area contributed by atoms with Crippen molar-refractivity contribution in [3.8, 4) is 5.75 Å². The number of carbonyl (C=O) groups excluding carboxylic acids is 1. The summed E-state index contributed by atoms with van der Waals surface area (Å²) in [6.07, 6.45) is 11.7. The van der Waals surface area contributed by atoms with Crippen LogP contribution in [0.5, 0.6) is 5.75 Å². The fraction of sp³-hybridized carbons (Fsp3) is 0.516. The van der Waals surface area contributed by atoms with E-state index in [2.05, 4.69) is 52.0 Å². The van der Waals surface area contributed by atoms with Gasteiger partial charge in [-0.3, -0.25) is 14.6 Å². The van der Waals surface area contributed by atoms with Gasteiger partial charge in [-0.05, 0) is 61.1 Å². The van der Waals surface area contributed by atoms with Crippen LogP contribution in [0.25, 0.3) is 0 Å². The number of methoxy groups -OCH3 is 1. The monoisotopic (exact) mass is 487 g/mol. The van der Waals surface area contributed by atoms with Gasteiger partial charge in [0.05, 0.1) is 13.2 Å². The summed E-state index contributed by atoms with van der Waals surface area (Å²) in [7, 11) is 1.73. The average molecular weight is 488 g/mol. The summed E-state index contributed by atoms with van der Waals surface area (Å²) in [5.74, 6) is 0.938. The van der Waals surface area contributed by atoms with Crippen LogP contribution in [0.2, 0.25) is 0 Å². The highest BCUT2D eigenvalue weighted by molar-refractivity contribution is 5.94. The molecule has 1 saturated carbocycles. The molecule has 3 atom stereocenters.